The molecule has 0 bridgehead atoms. The Morgan fingerprint density at radius 1 is 1.09 bits per heavy atom. The van der Waals surface area contributed by atoms with Gasteiger partial charge in [-0.05, 0) is 24.3 Å². The maximum Gasteiger partial charge on any atom is 0.150 e. The Hall–Kier alpha value is -2.88. The Kier molecular flexibility index (Phi) is 4.01. The van der Waals surface area contributed by atoms with Crippen LogP contribution in [0.25, 0.3) is 10.9 Å². The number of para-hydroxylation sites is 1. The zero-order valence-corrected chi connectivity index (χ0v) is 12.2. The van der Waals surface area contributed by atoms with Crippen molar-refractivity contribution in [1.29, 1.82) is 0 Å². The minimum Gasteiger partial charge on any atom is -0.496 e. The monoisotopic (exact) mass is 292 g/mol. The van der Waals surface area contributed by atoms with E-state index in [-0.39, 0.29) is 0 Å². The molecule has 2 aromatic carbocycles. The van der Waals surface area contributed by atoms with Crippen LogP contribution in [-0.2, 0) is 6.54 Å². The molecular formula is C18H16N2O2. The summed E-state index contributed by atoms with van der Waals surface area (Å²) in [4.78, 5) is 15.6. The fourth-order valence-electron chi connectivity index (χ4n) is 2.41. The van der Waals surface area contributed by atoms with E-state index in [4.69, 9.17) is 4.74 Å². The van der Waals surface area contributed by atoms with Crippen molar-refractivity contribution < 1.29 is 9.53 Å². The molecule has 4 heteroatoms. The highest BCUT2D eigenvalue weighted by molar-refractivity contribution is 5.96. The Bertz CT molecular complexity index is 815. The van der Waals surface area contributed by atoms with Gasteiger partial charge >= 0.3 is 0 Å². The number of aldehydes is 1. The third-order valence-corrected chi connectivity index (χ3v) is 3.55. The van der Waals surface area contributed by atoms with Crippen LogP contribution in [0.5, 0.6) is 5.75 Å². The van der Waals surface area contributed by atoms with Crippen LogP contribution >= 0.6 is 0 Å². The summed E-state index contributed by atoms with van der Waals surface area (Å²) in [5, 5.41) is 4.15. The SMILES string of the molecule is COc1ccccc1CNc1ccc2c(C=O)cccc2n1. The lowest BCUT2D eigenvalue weighted by atomic mass is 10.1. The van der Waals surface area contributed by atoms with Crippen LogP contribution in [0.1, 0.15) is 15.9 Å². The maximum absolute atomic E-state index is 11.0. The summed E-state index contributed by atoms with van der Waals surface area (Å²) in [7, 11) is 1.66. The van der Waals surface area contributed by atoms with Gasteiger partial charge in [-0.15, -0.1) is 0 Å². The Balaban J connectivity index is 1.84. The van der Waals surface area contributed by atoms with E-state index in [0.29, 0.717) is 12.1 Å². The number of hydrogen-bond acceptors (Lipinski definition) is 4. The van der Waals surface area contributed by atoms with E-state index in [9.17, 15) is 4.79 Å². The van der Waals surface area contributed by atoms with Crippen molar-refractivity contribution in [2.45, 2.75) is 6.54 Å². The highest BCUT2D eigenvalue weighted by atomic mass is 16.5. The lowest BCUT2D eigenvalue weighted by Gasteiger charge is -2.10. The fraction of sp³-hybridized carbons (Fsp3) is 0.111. The number of hydrogen-bond donors (Lipinski definition) is 1. The number of aromatic nitrogens is 1. The summed E-state index contributed by atoms with van der Waals surface area (Å²) in [6.45, 7) is 0.621. The first kappa shape index (κ1) is 14.1. The molecule has 0 unspecified atom stereocenters. The van der Waals surface area contributed by atoms with Crippen LogP contribution in [0.3, 0.4) is 0 Å². The van der Waals surface area contributed by atoms with Gasteiger partial charge in [0.2, 0.25) is 0 Å². The van der Waals surface area contributed by atoms with Gasteiger partial charge < -0.3 is 10.1 Å². The molecule has 0 aliphatic carbocycles. The van der Waals surface area contributed by atoms with Crippen LogP contribution in [-0.4, -0.2) is 18.4 Å². The van der Waals surface area contributed by atoms with Gasteiger partial charge in [0.25, 0.3) is 0 Å². The zero-order chi connectivity index (χ0) is 15.4. The molecule has 4 nitrogen and oxygen atoms in total. The number of anilines is 1. The number of benzene rings is 2. The smallest absolute Gasteiger partial charge is 0.150 e. The van der Waals surface area contributed by atoms with Crippen LogP contribution < -0.4 is 10.1 Å². The predicted molar refractivity (Wildman–Crippen MR) is 87.5 cm³/mol. The summed E-state index contributed by atoms with van der Waals surface area (Å²) in [5.41, 5.74) is 2.52. The second kappa shape index (κ2) is 6.26. The van der Waals surface area contributed by atoms with E-state index >= 15 is 0 Å². The van der Waals surface area contributed by atoms with Gasteiger partial charge in [0, 0.05) is 23.1 Å². The van der Waals surface area contributed by atoms with E-state index in [1.165, 1.54) is 0 Å². The Labute approximate surface area is 128 Å². The average Bonchev–Trinajstić information content (AvgIpc) is 2.59. The molecule has 0 atom stereocenters. The van der Waals surface area contributed by atoms with Gasteiger partial charge in [-0.1, -0.05) is 30.3 Å². The molecule has 0 radical (unpaired) electrons. The van der Waals surface area contributed by atoms with E-state index in [1.54, 1.807) is 13.2 Å². The molecule has 22 heavy (non-hydrogen) atoms. The molecule has 0 aliphatic heterocycles. The molecule has 3 rings (SSSR count). The standard InChI is InChI=1S/C18H16N2O2/c1-22-17-8-3-2-5-13(17)11-19-18-10-9-15-14(12-21)6-4-7-16(15)20-18/h2-10,12H,11H2,1H3,(H,19,20). The quantitative estimate of drug-likeness (QED) is 0.729. The van der Waals surface area contributed by atoms with Crippen molar-refractivity contribution in [2.24, 2.45) is 0 Å². The van der Waals surface area contributed by atoms with E-state index in [2.05, 4.69) is 10.3 Å². The molecule has 1 N–H and O–H groups in total. The number of pyridine rings is 1. The van der Waals surface area contributed by atoms with Gasteiger partial charge in [-0.3, -0.25) is 4.79 Å². The molecule has 110 valence electrons. The third kappa shape index (κ3) is 2.76. The molecular weight excluding hydrogens is 276 g/mol. The van der Waals surface area contributed by atoms with Gasteiger partial charge in [0.1, 0.15) is 11.6 Å². The molecule has 0 aliphatic rings. The number of fused-ring (bicyclic) bond motifs is 1. The highest BCUT2D eigenvalue weighted by Crippen LogP contribution is 2.21. The number of rotatable bonds is 5. The lowest BCUT2D eigenvalue weighted by Crippen LogP contribution is -2.03. The molecule has 0 fully saturated rings. The van der Waals surface area contributed by atoms with Crippen molar-refractivity contribution in [1.82, 2.24) is 4.98 Å². The number of carbonyl (C=O) groups excluding carboxylic acids is 1. The maximum atomic E-state index is 11.0. The summed E-state index contributed by atoms with van der Waals surface area (Å²) < 4.78 is 5.34. The van der Waals surface area contributed by atoms with Gasteiger partial charge in [0.05, 0.1) is 12.6 Å². The zero-order valence-electron chi connectivity index (χ0n) is 12.2. The van der Waals surface area contributed by atoms with Crippen molar-refractivity contribution in [3.05, 3.63) is 65.7 Å². The van der Waals surface area contributed by atoms with Crippen LogP contribution in [0.15, 0.2) is 54.6 Å². The fourth-order valence-corrected chi connectivity index (χ4v) is 2.41. The molecule has 1 aromatic heterocycles. The largest absolute Gasteiger partial charge is 0.496 e. The number of nitrogens with zero attached hydrogens (tertiary/aromatic N) is 1. The Morgan fingerprint density at radius 2 is 1.95 bits per heavy atom. The Morgan fingerprint density at radius 3 is 2.77 bits per heavy atom. The van der Waals surface area contributed by atoms with Crippen molar-refractivity contribution in [3.63, 3.8) is 0 Å². The number of methoxy groups -OCH3 is 1. The number of ether oxygens (including phenoxy) is 1. The van der Waals surface area contributed by atoms with Gasteiger partial charge in [-0.2, -0.15) is 0 Å². The van der Waals surface area contributed by atoms with Crippen molar-refractivity contribution >= 4 is 23.0 Å². The number of nitrogens with one attached hydrogen (secondary N) is 1. The lowest BCUT2D eigenvalue weighted by molar-refractivity contribution is 0.112. The minimum absolute atomic E-state index is 0.621. The van der Waals surface area contributed by atoms with Crippen molar-refractivity contribution in [2.75, 3.05) is 12.4 Å². The molecule has 0 spiro atoms. The first-order chi connectivity index (χ1) is 10.8. The van der Waals surface area contributed by atoms with Crippen LogP contribution in [0.4, 0.5) is 5.82 Å². The van der Waals surface area contributed by atoms with Crippen molar-refractivity contribution in [3.8, 4) is 5.75 Å². The van der Waals surface area contributed by atoms with Crippen LogP contribution in [0.2, 0.25) is 0 Å². The van der Waals surface area contributed by atoms with E-state index in [0.717, 1.165) is 34.3 Å². The predicted octanol–water partition coefficient (Wildman–Crippen LogP) is 3.67. The second-order valence-electron chi connectivity index (χ2n) is 4.89. The molecule has 0 amide bonds. The molecule has 0 saturated heterocycles. The van der Waals surface area contributed by atoms with Gasteiger partial charge in [0.15, 0.2) is 6.29 Å². The van der Waals surface area contributed by atoms with E-state index in [1.807, 2.05) is 48.5 Å². The summed E-state index contributed by atoms with van der Waals surface area (Å²) in [6, 6.07) is 17.2. The topological polar surface area (TPSA) is 51.2 Å². The van der Waals surface area contributed by atoms with Gasteiger partial charge in [-0.25, -0.2) is 4.98 Å². The molecule has 1 heterocycles. The first-order valence-electron chi connectivity index (χ1n) is 7.02. The normalized spacial score (nSPS) is 10.4. The summed E-state index contributed by atoms with van der Waals surface area (Å²) in [6.07, 6.45) is 0.853. The van der Waals surface area contributed by atoms with Crippen LogP contribution in [0, 0.1) is 0 Å². The average molecular weight is 292 g/mol. The second-order valence-corrected chi connectivity index (χ2v) is 4.89. The van der Waals surface area contributed by atoms with E-state index < -0.39 is 0 Å². The number of carbonyl (C=O) groups is 1. The minimum atomic E-state index is 0.621. The first-order valence-corrected chi connectivity index (χ1v) is 7.02. The summed E-state index contributed by atoms with van der Waals surface area (Å²) >= 11 is 0. The summed E-state index contributed by atoms with van der Waals surface area (Å²) in [5.74, 6) is 1.61. The molecule has 0 saturated carbocycles. The third-order valence-electron chi connectivity index (χ3n) is 3.55. The highest BCUT2D eigenvalue weighted by Gasteiger charge is 2.04. The molecule has 3 aromatic rings.